The molecule has 4 rings (SSSR count). The topological polar surface area (TPSA) is 128 Å². The van der Waals surface area contributed by atoms with E-state index < -0.39 is 11.4 Å². The highest BCUT2D eigenvalue weighted by Gasteiger charge is 2.16. The van der Waals surface area contributed by atoms with Crippen LogP contribution in [0, 0.1) is 0 Å². The van der Waals surface area contributed by atoms with Crippen molar-refractivity contribution >= 4 is 29.0 Å². The Bertz CT molecular complexity index is 1560. The minimum atomic E-state index is -0.828. The molecule has 36 heavy (non-hydrogen) atoms. The lowest BCUT2D eigenvalue weighted by atomic mass is 10.2. The number of carbonyl (C=O) groups excluding carboxylic acids is 1. The SMILES string of the molecule is CCC(=O)Cn1c(=O)nc(Nc2ccc(Oc3cc[nH]c(=O)c3)cc2)n(Cc2ccc(Cl)cc2)c1=O. The number of H-pyrrole nitrogens is 1. The molecule has 0 atom stereocenters. The molecule has 0 spiro atoms. The summed E-state index contributed by atoms with van der Waals surface area (Å²) < 4.78 is 7.77. The standard InChI is InChI=1S/C25H22ClN5O5/c1-2-19(32)15-31-24(34)29-23(30(25(31)35)14-16-3-5-17(26)6-4-16)28-18-7-9-20(10-8-18)36-21-11-12-27-22(33)13-21/h3-13H,2,14-15H2,1H3,(H,27,33)(H,28,29,34). The van der Waals surface area contributed by atoms with Crippen LogP contribution in [-0.2, 0) is 17.9 Å². The molecule has 2 N–H and O–H groups in total. The fourth-order valence-electron chi connectivity index (χ4n) is 3.32. The van der Waals surface area contributed by atoms with Crippen molar-refractivity contribution in [3.8, 4) is 11.5 Å². The summed E-state index contributed by atoms with van der Waals surface area (Å²) in [4.78, 5) is 55.8. The van der Waals surface area contributed by atoms with Crippen LogP contribution in [0.1, 0.15) is 18.9 Å². The van der Waals surface area contributed by atoms with E-state index >= 15 is 0 Å². The van der Waals surface area contributed by atoms with Gasteiger partial charge in [0.2, 0.25) is 5.95 Å². The summed E-state index contributed by atoms with van der Waals surface area (Å²) in [7, 11) is 0. The first-order valence-electron chi connectivity index (χ1n) is 11.0. The van der Waals surface area contributed by atoms with E-state index in [2.05, 4.69) is 15.3 Å². The van der Waals surface area contributed by atoms with Crippen molar-refractivity contribution in [2.24, 2.45) is 0 Å². The van der Waals surface area contributed by atoms with Crippen LogP contribution in [0.2, 0.25) is 5.02 Å². The number of ether oxygens (including phenoxy) is 1. The number of aromatic amines is 1. The molecule has 0 unspecified atom stereocenters. The number of hydrogen-bond donors (Lipinski definition) is 2. The van der Waals surface area contributed by atoms with Crippen LogP contribution in [0.15, 0.2) is 81.2 Å². The van der Waals surface area contributed by atoms with Gasteiger partial charge in [-0.15, -0.1) is 0 Å². The molecule has 0 saturated carbocycles. The van der Waals surface area contributed by atoms with E-state index in [9.17, 15) is 19.2 Å². The van der Waals surface area contributed by atoms with Crippen molar-refractivity contribution in [3.05, 3.63) is 109 Å². The van der Waals surface area contributed by atoms with Crippen LogP contribution in [0.3, 0.4) is 0 Å². The Labute approximate surface area is 209 Å². The molecule has 4 aromatic rings. The van der Waals surface area contributed by atoms with Crippen molar-refractivity contribution in [1.29, 1.82) is 0 Å². The number of nitrogens with zero attached hydrogens (tertiary/aromatic N) is 3. The molecule has 10 nitrogen and oxygen atoms in total. The third-order valence-corrected chi connectivity index (χ3v) is 5.48. The van der Waals surface area contributed by atoms with Gasteiger partial charge in [0, 0.05) is 29.4 Å². The highest BCUT2D eigenvalue weighted by molar-refractivity contribution is 6.30. The Kier molecular flexibility index (Phi) is 7.45. The first kappa shape index (κ1) is 24.7. The van der Waals surface area contributed by atoms with Gasteiger partial charge in [-0.05, 0) is 48.0 Å². The molecule has 0 aliphatic carbocycles. The van der Waals surface area contributed by atoms with E-state index in [0.29, 0.717) is 22.2 Å². The van der Waals surface area contributed by atoms with Crippen LogP contribution < -0.4 is 27.0 Å². The predicted octanol–water partition coefficient (Wildman–Crippen LogP) is 3.31. The second kappa shape index (κ2) is 10.9. The molecule has 0 aliphatic heterocycles. The quantitative estimate of drug-likeness (QED) is 0.355. The Morgan fingerprint density at radius 2 is 1.72 bits per heavy atom. The fraction of sp³-hybridized carbons (Fsp3) is 0.160. The third kappa shape index (κ3) is 5.97. The van der Waals surface area contributed by atoms with Crippen molar-refractivity contribution < 1.29 is 9.53 Å². The monoisotopic (exact) mass is 507 g/mol. The van der Waals surface area contributed by atoms with E-state index in [-0.39, 0.29) is 36.8 Å². The number of benzene rings is 2. The van der Waals surface area contributed by atoms with Crippen molar-refractivity contribution in [3.63, 3.8) is 0 Å². The number of pyridine rings is 1. The maximum absolute atomic E-state index is 13.2. The molecule has 0 amide bonds. The van der Waals surface area contributed by atoms with Gasteiger partial charge in [0.15, 0.2) is 5.78 Å². The van der Waals surface area contributed by atoms with Gasteiger partial charge in [-0.1, -0.05) is 30.7 Å². The van der Waals surface area contributed by atoms with Gasteiger partial charge >= 0.3 is 11.4 Å². The molecule has 0 saturated heterocycles. The largest absolute Gasteiger partial charge is 0.457 e. The number of halogens is 1. The average Bonchev–Trinajstić information content (AvgIpc) is 2.86. The molecule has 0 bridgehead atoms. The van der Waals surface area contributed by atoms with E-state index in [0.717, 1.165) is 10.1 Å². The minimum Gasteiger partial charge on any atom is -0.457 e. The number of rotatable bonds is 9. The van der Waals surface area contributed by atoms with Crippen LogP contribution in [0.5, 0.6) is 11.5 Å². The number of nitrogens with one attached hydrogen (secondary N) is 2. The van der Waals surface area contributed by atoms with Crippen LogP contribution in [0.4, 0.5) is 11.6 Å². The molecular weight excluding hydrogens is 486 g/mol. The zero-order valence-electron chi connectivity index (χ0n) is 19.2. The van der Waals surface area contributed by atoms with E-state index in [1.807, 2.05) is 0 Å². The van der Waals surface area contributed by atoms with Gasteiger partial charge in [-0.3, -0.25) is 14.2 Å². The normalized spacial score (nSPS) is 10.7. The Morgan fingerprint density at radius 1 is 1.00 bits per heavy atom. The van der Waals surface area contributed by atoms with Gasteiger partial charge in [0.1, 0.15) is 11.5 Å². The van der Waals surface area contributed by atoms with E-state index in [1.165, 1.54) is 16.8 Å². The van der Waals surface area contributed by atoms with Gasteiger partial charge in [0.25, 0.3) is 5.56 Å². The Hall–Kier alpha value is -4.44. The summed E-state index contributed by atoms with van der Waals surface area (Å²) in [5, 5.41) is 3.54. The second-order valence-electron chi connectivity index (χ2n) is 7.83. The number of hydrogen-bond acceptors (Lipinski definition) is 7. The van der Waals surface area contributed by atoms with Crippen molar-refractivity contribution in [1.82, 2.24) is 19.1 Å². The molecular formula is C25H22ClN5O5. The lowest BCUT2D eigenvalue weighted by molar-refractivity contribution is -0.119. The minimum absolute atomic E-state index is 0.0170. The summed E-state index contributed by atoms with van der Waals surface area (Å²) in [6.07, 6.45) is 1.67. The highest BCUT2D eigenvalue weighted by Crippen LogP contribution is 2.23. The third-order valence-electron chi connectivity index (χ3n) is 5.23. The maximum atomic E-state index is 13.2. The molecule has 0 radical (unpaired) electrons. The zero-order valence-corrected chi connectivity index (χ0v) is 20.0. The van der Waals surface area contributed by atoms with Crippen LogP contribution >= 0.6 is 11.6 Å². The molecule has 0 aliphatic rings. The van der Waals surface area contributed by atoms with Gasteiger partial charge in [-0.2, -0.15) is 4.98 Å². The molecule has 2 aromatic heterocycles. The number of Topliss-reactive ketones (excluding diaryl/α,β-unsaturated/α-hetero) is 1. The van der Waals surface area contributed by atoms with Crippen LogP contribution in [0.25, 0.3) is 0 Å². The summed E-state index contributed by atoms with van der Waals surface area (Å²) in [6.45, 7) is 1.40. The Balaban J connectivity index is 1.65. The molecule has 0 fully saturated rings. The maximum Gasteiger partial charge on any atom is 0.355 e. The predicted molar refractivity (Wildman–Crippen MR) is 135 cm³/mol. The highest BCUT2D eigenvalue weighted by atomic mass is 35.5. The zero-order chi connectivity index (χ0) is 25.7. The van der Waals surface area contributed by atoms with Gasteiger partial charge in [-0.25, -0.2) is 14.2 Å². The molecule has 184 valence electrons. The number of ketones is 1. The number of anilines is 2. The number of carbonyl (C=O) groups is 1. The van der Waals surface area contributed by atoms with Crippen LogP contribution in [-0.4, -0.2) is 24.9 Å². The average molecular weight is 508 g/mol. The summed E-state index contributed by atoms with van der Waals surface area (Å²) in [6, 6.07) is 16.5. The van der Waals surface area contributed by atoms with Gasteiger partial charge < -0.3 is 15.0 Å². The first-order valence-corrected chi connectivity index (χ1v) is 11.4. The fourth-order valence-corrected chi connectivity index (χ4v) is 3.45. The summed E-state index contributed by atoms with van der Waals surface area (Å²) >= 11 is 5.97. The molecule has 2 aromatic carbocycles. The molecule has 2 heterocycles. The smallest absolute Gasteiger partial charge is 0.355 e. The summed E-state index contributed by atoms with van der Waals surface area (Å²) in [5.41, 5.74) is -0.493. The first-order chi connectivity index (χ1) is 17.3. The number of aromatic nitrogens is 4. The van der Waals surface area contributed by atoms with E-state index in [4.69, 9.17) is 16.3 Å². The lowest BCUT2D eigenvalue weighted by Crippen LogP contribution is -2.44. The lowest BCUT2D eigenvalue weighted by Gasteiger charge is -2.16. The molecule has 11 heteroatoms. The van der Waals surface area contributed by atoms with E-state index in [1.54, 1.807) is 61.5 Å². The Morgan fingerprint density at radius 3 is 2.39 bits per heavy atom. The van der Waals surface area contributed by atoms with Crippen molar-refractivity contribution in [2.45, 2.75) is 26.4 Å². The summed E-state index contributed by atoms with van der Waals surface area (Å²) in [5.74, 6) is 0.614. The van der Waals surface area contributed by atoms with Gasteiger partial charge in [0.05, 0.1) is 13.1 Å². The second-order valence-corrected chi connectivity index (χ2v) is 8.27. The van der Waals surface area contributed by atoms with Crippen molar-refractivity contribution in [2.75, 3.05) is 5.32 Å².